The zero-order valence-corrected chi connectivity index (χ0v) is 10.8. The second kappa shape index (κ2) is 4.67. The number of aromatic carboxylic acids is 1. The van der Waals surface area contributed by atoms with Gasteiger partial charge in [0.25, 0.3) is 0 Å². The number of nitrogens with two attached hydrogens (primary N) is 1. The molecule has 20 heavy (non-hydrogen) atoms. The highest BCUT2D eigenvalue weighted by Gasteiger charge is 2.27. The first-order valence-corrected chi connectivity index (χ1v) is 6.53. The van der Waals surface area contributed by atoms with Crippen LogP contribution in [0.4, 0.5) is 10.1 Å². The minimum absolute atomic E-state index is 0.0920. The van der Waals surface area contributed by atoms with Gasteiger partial charge in [-0.15, -0.1) is 0 Å². The van der Waals surface area contributed by atoms with E-state index in [0.717, 1.165) is 12.1 Å². The molecule has 0 spiro atoms. The van der Waals surface area contributed by atoms with E-state index in [4.69, 9.17) is 10.8 Å². The molecule has 4 nitrogen and oxygen atoms in total. The lowest BCUT2D eigenvalue weighted by Gasteiger charge is -2.14. The molecule has 1 atom stereocenters. The second-order valence-electron chi connectivity index (χ2n) is 5.14. The van der Waals surface area contributed by atoms with E-state index in [-0.39, 0.29) is 11.9 Å². The number of nitrogen functional groups attached to an aromatic ring is 1. The first-order chi connectivity index (χ1) is 9.56. The maximum Gasteiger partial charge on any atom is 0.337 e. The molecule has 1 aromatic heterocycles. The number of rotatable bonds is 3. The van der Waals surface area contributed by atoms with Crippen LogP contribution in [0, 0.1) is 5.82 Å². The number of halogens is 1. The quantitative estimate of drug-likeness (QED) is 0.845. The van der Waals surface area contributed by atoms with Crippen LogP contribution in [0.2, 0.25) is 0 Å². The molecule has 0 amide bonds. The number of carboxylic acid groups (broad SMARTS) is 1. The molecule has 3 N–H and O–H groups in total. The van der Waals surface area contributed by atoms with Crippen LogP contribution in [-0.4, -0.2) is 15.6 Å². The highest BCUT2D eigenvalue weighted by Crippen LogP contribution is 2.32. The predicted octanol–water partition coefficient (Wildman–Crippen LogP) is 2.64. The Labute approximate surface area is 115 Å². The molecule has 0 bridgehead atoms. The van der Waals surface area contributed by atoms with Crippen molar-refractivity contribution < 1.29 is 14.3 Å². The fourth-order valence-electron chi connectivity index (χ4n) is 2.93. The topological polar surface area (TPSA) is 68.2 Å². The monoisotopic (exact) mass is 274 g/mol. The number of hydrogen-bond donors (Lipinski definition) is 2. The van der Waals surface area contributed by atoms with Crippen LogP contribution in [0.25, 0.3) is 0 Å². The minimum Gasteiger partial charge on any atom is -0.478 e. The molecule has 0 saturated heterocycles. The molecule has 1 aliphatic heterocycles. The zero-order chi connectivity index (χ0) is 14.3. The Morgan fingerprint density at radius 2 is 2.25 bits per heavy atom. The molecule has 2 aromatic rings. The summed E-state index contributed by atoms with van der Waals surface area (Å²) in [6.45, 7) is 0. The first-order valence-electron chi connectivity index (χ1n) is 6.53. The van der Waals surface area contributed by atoms with Gasteiger partial charge in [-0.05, 0) is 49.1 Å². The molecule has 3 rings (SSSR count). The average Bonchev–Trinajstić information content (AvgIpc) is 2.96. The molecular weight excluding hydrogens is 259 g/mol. The van der Waals surface area contributed by atoms with Gasteiger partial charge in [0.2, 0.25) is 0 Å². The highest BCUT2D eigenvalue weighted by molar-refractivity contribution is 5.89. The maximum atomic E-state index is 13.8. The van der Waals surface area contributed by atoms with Gasteiger partial charge in [0, 0.05) is 23.6 Å². The number of nitrogens with zero attached hydrogens (tertiary/aromatic N) is 1. The number of carbonyl (C=O) groups is 1. The predicted molar refractivity (Wildman–Crippen MR) is 73.3 cm³/mol. The summed E-state index contributed by atoms with van der Waals surface area (Å²) in [6, 6.07) is 6.26. The van der Waals surface area contributed by atoms with Gasteiger partial charge in [0.05, 0.1) is 5.56 Å². The summed E-state index contributed by atoms with van der Waals surface area (Å²) in [5.74, 6) is -1.17. The lowest BCUT2D eigenvalue weighted by Crippen LogP contribution is -2.08. The van der Waals surface area contributed by atoms with Crippen LogP contribution >= 0.6 is 0 Å². The molecule has 1 unspecified atom stereocenters. The Balaban J connectivity index is 1.88. The lowest BCUT2D eigenvalue weighted by atomic mass is 10.0. The number of hydrogen-bond acceptors (Lipinski definition) is 2. The van der Waals surface area contributed by atoms with E-state index in [1.54, 1.807) is 18.3 Å². The van der Waals surface area contributed by atoms with Crippen LogP contribution in [0.15, 0.2) is 30.5 Å². The minimum atomic E-state index is -0.908. The highest BCUT2D eigenvalue weighted by atomic mass is 19.1. The SMILES string of the molecule is Nc1ccc(F)c(CC2CCc3c(C(=O)O)ccn32)c1. The van der Waals surface area contributed by atoms with E-state index >= 15 is 0 Å². The second-order valence-corrected chi connectivity index (χ2v) is 5.14. The molecule has 1 aromatic carbocycles. The number of anilines is 1. The summed E-state index contributed by atoms with van der Waals surface area (Å²) in [6.07, 6.45) is 3.84. The number of aromatic nitrogens is 1. The van der Waals surface area contributed by atoms with Crippen LogP contribution in [-0.2, 0) is 12.8 Å². The van der Waals surface area contributed by atoms with E-state index < -0.39 is 5.97 Å². The third kappa shape index (κ3) is 2.05. The summed E-state index contributed by atoms with van der Waals surface area (Å²) in [7, 11) is 0. The Bertz CT molecular complexity index is 679. The van der Waals surface area contributed by atoms with E-state index in [9.17, 15) is 9.18 Å². The van der Waals surface area contributed by atoms with E-state index in [1.165, 1.54) is 12.1 Å². The third-order valence-electron chi connectivity index (χ3n) is 3.89. The summed E-state index contributed by atoms with van der Waals surface area (Å²) in [5, 5.41) is 9.10. The van der Waals surface area contributed by atoms with Crippen molar-refractivity contribution in [2.45, 2.75) is 25.3 Å². The van der Waals surface area contributed by atoms with Crippen molar-refractivity contribution in [3.05, 3.63) is 53.1 Å². The molecule has 5 heteroatoms. The van der Waals surface area contributed by atoms with Crippen LogP contribution in [0.1, 0.15) is 34.1 Å². The molecule has 0 fully saturated rings. The van der Waals surface area contributed by atoms with Crippen molar-refractivity contribution in [2.75, 3.05) is 5.73 Å². The fourth-order valence-corrected chi connectivity index (χ4v) is 2.93. The third-order valence-corrected chi connectivity index (χ3v) is 3.89. The van der Waals surface area contributed by atoms with Crippen molar-refractivity contribution >= 4 is 11.7 Å². The fraction of sp³-hybridized carbons (Fsp3) is 0.267. The Hall–Kier alpha value is -2.30. The normalized spacial score (nSPS) is 17.1. The summed E-state index contributed by atoms with van der Waals surface area (Å²) >= 11 is 0. The molecule has 0 radical (unpaired) electrons. The molecule has 1 aliphatic rings. The standard InChI is InChI=1S/C15H15FN2O2/c16-13-3-1-10(17)7-9(13)8-11-2-4-14-12(15(19)20)5-6-18(11)14/h1,3,5-7,11H,2,4,8,17H2,(H,19,20). The van der Waals surface area contributed by atoms with Crippen molar-refractivity contribution in [1.82, 2.24) is 4.57 Å². The van der Waals surface area contributed by atoms with Gasteiger partial charge in [0.15, 0.2) is 0 Å². The van der Waals surface area contributed by atoms with Crippen LogP contribution in [0.5, 0.6) is 0 Å². The number of carboxylic acids is 1. The smallest absolute Gasteiger partial charge is 0.337 e. The Morgan fingerprint density at radius 1 is 1.45 bits per heavy atom. The first kappa shape index (κ1) is 12.7. The van der Waals surface area contributed by atoms with Gasteiger partial charge in [-0.1, -0.05) is 0 Å². The Kier molecular flexibility index (Phi) is 2.97. The Morgan fingerprint density at radius 3 is 3.00 bits per heavy atom. The number of fused-ring (bicyclic) bond motifs is 1. The molecule has 2 heterocycles. The summed E-state index contributed by atoms with van der Waals surface area (Å²) in [5.41, 5.74) is 7.98. The molecule has 0 aliphatic carbocycles. The average molecular weight is 274 g/mol. The van der Waals surface area contributed by atoms with E-state index in [0.29, 0.717) is 29.7 Å². The summed E-state index contributed by atoms with van der Waals surface area (Å²) in [4.78, 5) is 11.1. The number of benzene rings is 1. The van der Waals surface area contributed by atoms with Gasteiger partial charge in [0.1, 0.15) is 5.82 Å². The van der Waals surface area contributed by atoms with Crippen LogP contribution in [0.3, 0.4) is 0 Å². The summed E-state index contributed by atoms with van der Waals surface area (Å²) < 4.78 is 15.7. The maximum absolute atomic E-state index is 13.8. The molecule has 0 saturated carbocycles. The van der Waals surface area contributed by atoms with E-state index in [1.807, 2.05) is 4.57 Å². The van der Waals surface area contributed by atoms with Crippen molar-refractivity contribution in [2.24, 2.45) is 0 Å². The van der Waals surface area contributed by atoms with Crippen molar-refractivity contribution in [1.29, 1.82) is 0 Å². The van der Waals surface area contributed by atoms with Gasteiger partial charge >= 0.3 is 5.97 Å². The largest absolute Gasteiger partial charge is 0.478 e. The zero-order valence-electron chi connectivity index (χ0n) is 10.8. The van der Waals surface area contributed by atoms with Gasteiger partial charge in [-0.2, -0.15) is 0 Å². The molecular formula is C15H15FN2O2. The van der Waals surface area contributed by atoms with Crippen molar-refractivity contribution in [3.63, 3.8) is 0 Å². The lowest BCUT2D eigenvalue weighted by molar-refractivity contribution is 0.0696. The van der Waals surface area contributed by atoms with Gasteiger partial charge in [-0.25, -0.2) is 9.18 Å². The van der Waals surface area contributed by atoms with Gasteiger partial charge < -0.3 is 15.4 Å². The van der Waals surface area contributed by atoms with Crippen molar-refractivity contribution in [3.8, 4) is 0 Å². The van der Waals surface area contributed by atoms with E-state index in [2.05, 4.69) is 0 Å². The molecule has 104 valence electrons. The van der Waals surface area contributed by atoms with Crippen LogP contribution < -0.4 is 5.73 Å². The van der Waals surface area contributed by atoms with Gasteiger partial charge in [-0.3, -0.25) is 0 Å².